The van der Waals surface area contributed by atoms with Gasteiger partial charge in [0.25, 0.3) is 0 Å². The van der Waals surface area contributed by atoms with E-state index in [1.807, 2.05) is 6.08 Å². The summed E-state index contributed by atoms with van der Waals surface area (Å²) in [6, 6.07) is -0.973. The molecule has 0 aromatic heterocycles. The molecule has 3 saturated heterocycles. The van der Waals surface area contributed by atoms with Crippen molar-refractivity contribution in [3.63, 3.8) is 0 Å². The summed E-state index contributed by atoms with van der Waals surface area (Å²) >= 11 is 0. The number of hydrogen-bond acceptors (Lipinski definition) is 18. The molecule has 19 heteroatoms. The minimum absolute atomic E-state index is 0.247. The molecule has 3 aliphatic rings. The maximum atomic E-state index is 13.5. The third-order valence-corrected chi connectivity index (χ3v) is 20.5. The third kappa shape index (κ3) is 40.5. The average molecular weight is 1400 g/mol. The van der Waals surface area contributed by atoms with Crippen molar-refractivity contribution in [3.05, 3.63) is 24.3 Å². The highest BCUT2D eigenvalue weighted by atomic mass is 16.8. The summed E-state index contributed by atoms with van der Waals surface area (Å²) < 4.78 is 34.5. The Morgan fingerprint density at radius 2 is 0.643 bits per heavy atom. The zero-order valence-electron chi connectivity index (χ0n) is 61.8. The molecule has 0 radical (unpaired) electrons. The Balaban J connectivity index is 1.38. The van der Waals surface area contributed by atoms with Gasteiger partial charge in [-0.3, -0.25) is 4.79 Å². The lowest BCUT2D eigenvalue weighted by atomic mass is 9.96. The van der Waals surface area contributed by atoms with Gasteiger partial charge >= 0.3 is 0 Å². The molecule has 3 rings (SSSR count). The normalized spacial score (nSPS) is 26.8. The first-order valence-electron chi connectivity index (χ1n) is 40.6. The second-order valence-electron chi connectivity index (χ2n) is 29.2. The molecular weight excluding hydrogens is 1250 g/mol. The van der Waals surface area contributed by atoms with Gasteiger partial charge in [0.15, 0.2) is 18.9 Å². The molecule has 1 amide bonds. The van der Waals surface area contributed by atoms with Gasteiger partial charge in [0.1, 0.15) is 73.2 Å². The molecule has 0 bridgehead atoms. The monoisotopic (exact) mass is 1400 g/mol. The summed E-state index contributed by atoms with van der Waals surface area (Å²) in [5.74, 6) is -0.269. The number of allylic oxidation sites excluding steroid dienone is 3. The van der Waals surface area contributed by atoms with E-state index in [0.29, 0.717) is 6.42 Å². The Bertz CT molecular complexity index is 1870. The molecule has 19 nitrogen and oxygen atoms in total. The van der Waals surface area contributed by atoms with Gasteiger partial charge in [-0.05, 0) is 44.9 Å². The smallest absolute Gasteiger partial charge is 0.220 e. The van der Waals surface area contributed by atoms with E-state index in [-0.39, 0.29) is 18.9 Å². The molecule has 0 spiro atoms. The van der Waals surface area contributed by atoms with Crippen LogP contribution in [0.4, 0.5) is 0 Å². The van der Waals surface area contributed by atoms with Gasteiger partial charge in [0.05, 0.1) is 38.6 Å². The highest BCUT2D eigenvalue weighted by Crippen LogP contribution is 2.33. The van der Waals surface area contributed by atoms with Gasteiger partial charge in [0.2, 0.25) is 5.91 Å². The first kappa shape index (κ1) is 90.5. The second-order valence-corrected chi connectivity index (χ2v) is 29.2. The highest BCUT2D eigenvalue weighted by Gasteiger charge is 2.54. The lowest BCUT2D eigenvalue weighted by molar-refractivity contribution is -0.379. The van der Waals surface area contributed by atoms with Gasteiger partial charge in [0, 0.05) is 6.42 Å². The van der Waals surface area contributed by atoms with Crippen LogP contribution in [0.2, 0.25) is 0 Å². The second kappa shape index (κ2) is 60.5. The van der Waals surface area contributed by atoms with Crippen molar-refractivity contribution in [2.75, 3.05) is 26.4 Å². The zero-order chi connectivity index (χ0) is 71.1. The van der Waals surface area contributed by atoms with Crippen molar-refractivity contribution in [3.8, 4) is 0 Å². The highest BCUT2D eigenvalue weighted by molar-refractivity contribution is 5.76. The maximum absolute atomic E-state index is 13.5. The number of aliphatic hydroxyl groups is 11. The fourth-order valence-corrected chi connectivity index (χ4v) is 14.0. The van der Waals surface area contributed by atoms with E-state index >= 15 is 0 Å². The van der Waals surface area contributed by atoms with Gasteiger partial charge in [-0.1, -0.05) is 314 Å². The van der Waals surface area contributed by atoms with E-state index in [4.69, 9.17) is 28.4 Å². The van der Waals surface area contributed by atoms with Gasteiger partial charge in [-0.15, -0.1) is 0 Å². The van der Waals surface area contributed by atoms with Gasteiger partial charge in [-0.25, -0.2) is 0 Å². The van der Waals surface area contributed by atoms with Gasteiger partial charge in [-0.2, -0.15) is 0 Å². The first-order chi connectivity index (χ1) is 47.8. The molecule has 3 aliphatic heterocycles. The minimum atomic E-state index is -1.98. The third-order valence-electron chi connectivity index (χ3n) is 20.5. The van der Waals surface area contributed by atoms with Crippen LogP contribution in [0, 0.1) is 0 Å². The maximum Gasteiger partial charge on any atom is 0.220 e. The molecule has 0 aromatic rings. The number of unbranched alkanes of at least 4 members (excludes halogenated alkanes) is 47. The molecule has 0 aromatic carbocycles. The number of amides is 1. The van der Waals surface area contributed by atoms with Crippen molar-refractivity contribution >= 4 is 5.91 Å². The predicted octanol–water partition coefficient (Wildman–Crippen LogP) is 13.3. The fraction of sp³-hybridized carbons (Fsp3) is 0.937. The van der Waals surface area contributed by atoms with Crippen LogP contribution in [0.3, 0.4) is 0 Å². The topological polar surface area (TPSA) is 307 Å². The fourth-order valence-electron chi connectivity index (χ4n) is 14.0. The van der Waals surface area contributed by atoms with Crippen LogP contribution in [-0.4, -0.2) is 193 Å². The van der Waals surface area contributed by atoms with E-state index < -0.39 is 124 Å². The number of hydrogen-bond donors (Lipinski definition) is 12. The largest absolute Gasteiger partial charge is 0.394 e. The Hall–Kier alpha value is -1.73. The molecule has 578 valence electrons. The van der Waals surface area contributed by atoms with Crippen molar-refractivity contribution < 1.29 is 89.4 Å². The number of carbonyl (C=O) groups is 1. The molecule has 0 saturated carbocycles. The molecule has 3 heterocycles. The van der Waals surface area contributed by atoms with Crippen LogP contribution in [-0.2, 0) is 33.2 Å². The number of ether oxygens (including phenoxy) is 6. The first-order valence-corrected chi connectivity index (χ1v) is 40.6. The van der Waals surface area contributed by atoms with E-state index in [1.165, 1.54) is 270 Å². The van der Waals surface area contributed by atoms with Crippen LogP contribution < -0.4 is 5.32 Å². The Labute approximate surface area is 594 Å². The number of nitrogens with one attached hydrogen (secondary N) is 1. The molecule has 98 heavy (non-hydrogen) atoms. The Kier molecular flexibility index (Phi) is 55.9. The average Bonchev–Trinajstić information content (AvgIpc) is 0.784. The molecule has 3 fully saturated rings. The summed E-state index contributed by atoms with van der Waals surface area (Å²) in [5, 5.41) is 121. The summed E-state index contributed by atoms with van der Waals surface area (Å²) in [6.07, 6.45) is 45.9. The van der Waals surface area contributed by atoms with Crippen molar-refractivity contribution in [2.45, 2.75) is 446 Å². The van der Waals surface area contributed by atoms with Crippen LogP contribution >= 0.6 is 0 Å². The SMILES string of the molecule is CCCCCCCCCC/C=C\CCCCCCCCCCCCCCCC(=O)NC(COC1OC(CO)C(OC2OC(CO)C(OC3OC(CO)C(O)C(O)C3O)C(O)C2O)C(O)C1O)C(O)/C=C/CCCCCCCCCCCCCCCCCCCCCCCCCCCC. The quantitative estimate of drug-likeness (QED) is 0.0199. The molecular formula is C79H149NO18. The number of carbonyl (C=O) groups excluding carboxylic acids is 1. The number of rotatable bonds is 65. The van der Waals surface area contributed by atoms with Crippen LogP contribution in [0.5, 0.6) is 0 Å². The van der Waals surface area contributed by atoms with E-state index in [1.54, 1.807) is 6.08 Å². The molecule has 0 aliphatic carbocycles. The van der Waals surface area contributed by atoms with Crippen molar-refractivity contribution in [2.24, 2.45) is 0 Å². The molecule has 17 unspecified atom stereocenters. The lowest BCUT2D eigenvalue weighted by Gasteiger charge is -2.48. The Morgan fingerprint density at radius 1 is 0.357 bits per heavy atom. The van der Waals surface area contributed by atoms with Gasteiger partial charge < -0.3 is 89.9 Å². The van der Waals surface area contributed by atoms with E-state index in [2.05, 4.69) is 31.3 Å². The number of aliphatic hydroxyl groups excluding tert-OH is 11. The summed E-state index contributed by atoms with van der Waals surface area (Å²) in [5.41, 5.74) is 0. The molecule has 12 N–H and O–H groups in total. The van der Waals surface area contributed by atoms with E-state index in [9.17, 15) is 61.0 Å². The summed E-state index contributed by atoms with van der Waals surface area (Å²) in [6.45, 7) is 1.79. The predicted molar refractivity (Wildman–Crippen MR) is 388 cm³/mol. The zero-order valence-corrected chi connectivity index (χ0v) is 61.8. The van der Waals surface area contributed by atoms with Crippen LogP contribution in [0.25, 0.3) is 0 Å². The van der Waals surface area contributed by atoms with E-state index in [0.717, 1.165) is 44.9 Å². The lowest BCUT2D eigenvalue weighted by Crippen LogP contribution is -2.66. The standard InChI is InChI=1S/C79H149NO18/c1-3-5-7-9-11-13-15-17-19-21-23-25-27-29-30-31-33-34-36-38-40-42-44-46-48-50-52-54-56-63(84)62(80-67(85)57-55-53-51-49-47-45-43-41-39-37-35-32-28-26-24-22-20-18-16-14-12-10-8-6-4-2)61-93-77-73(91)70(88)75(65(59-82)95-77)98-79-74(92)71(89)76(66(60-83)96-79)97-78-72(90)69(87)68(86)64(58-81)94-78/h22,24,54,56,62-66,68-79,81-84,86-92H,3-21,23,25-53,55,57-61H2,1-2H3,(H,80,85)/b24-22-,56-54+. The van der Waals surface area contributed by atoms with Crippen LogP contribution in [0.15, 0.2) is 24.3 Å². The van der Waals surface area contributed by atoms with Crippen molar-refractivity contribution in [1.29, 1.82) is 0 Å². The van der Waals surface area contributed by atoms with Crippen molar-refractivity contribution in [1.82, 2.24) is 5.32 Å². The summed E-state index contributed by atoms with van der Waals surface area (Å²) in [7, 11) is 0. The summed E-state index contributed by atoms with van der Waals surface area (Å²) in [4.78, 5) is 13.5. The van der Waals surface area contributed by atoms with Crippen LogP contribution in [0.1, 0.15) is 341 Å². The molecule has 17 atom stereocenters. The Morgan fingerprint density at radius 3 is 0.990 bits per heavy atom. The minimum Gasteiger partial charge on any atom is -0.394 e.